The third kappa shape index (κ3) is 3.73. The van der Waals surface area contributed by atoms with Crippen LogP contribution >= 0.6 is 11.8 Å². The van der Waals surface area contributed by atoms with E-state index in [0.717, 1.165) is 0 Å². The van der Waals surface area contributed by atoms with Gasteiger partial charge in [-0.05, 0) is 42.1 Å². The van der Waals surface area contributed by atoms with E-state index in [1.54, 1.807) is 48.7 Å². The molecule has 2 aromatic rings. The molecule has 1 aliphatic rings. The van der Waals surface area contributed by atoms with Crippen LogP contribution in [0.1, 0.15) is 16.1 Å². The van der Waals surface area contributed by atoms with Gasteiger partial charge in [-0.3, -0.25) is 14.7 Å². The maximum absolute atomic E-state index is 12.7. The predicted molar refractivity (Wildman–Crippen MR) is 102 cm³/mol. The first kappa shape index (κ1) is 17.6. The number of aliphatic imine (C=N–C) groups is 1. The van der Waals surface area contributed by atoms with Crippen LogP contribution in [-0.4, -0.2) is 38.6 Å². The molecule has 1 aromatic heterocycles. The molecular formula is C19H15N3O3S. The van der Waals surface area contributed by atoms with Crippen molar-refractivity contribution in [1.29, 1.82) is 0 Å². The van der Waals surface area contributed by atoms with Crippen LogP contribution in [0.4, 0.5) is 5.69 Å². The fraction of sp³-hybridized carbons (Fsp3) is 0.0526. The van der Waals surface area contributed by atoms with Crippen molar-refractivity contribution in [2.75, 3.05) is 6.54 Å². The van der Waals surface area contributed by atoms with Crippen LogP contribution in [0.3, 0.4) is 0 Å². The van der Waals surface area contributed by atoms with Gasteiger partial charge in [-0.1, -0.05) is 24.3 Å². The smallest absolute Gasteiger partial charge is 0.337 e. The highest BCUT2D eigenvalue weighted by Crippen LogP contribution is 2.34. The summed E-state index contributed by atoms with van der Waals surface area (Å²) in [5.74, 6) is -1.29. The second-order valence-electron chi connectivity index (χ2n) is 5.29. The highest BCUT2D eigenvalue weighted by Gasteiger charge is 2.33. The molecule has 0 atom stereocenters. The fourth-order valence-corrected chi connectivity index (χ4v) is 3.32. The molecule has 3 rings (SSSR count). The van der Waals surface area contributed by atoms with Crippen molar-refractivity contribution in [1.82, 2.24) is 9.88 Å². The Labute approximate surface area is 154 Å². The number of carbonyl (C=O) groups is 2. The summed E-state index contributed by atoms with van der Waals surface area (Å²) in [5.41, 5.74) is 1.03. The van der Waals surface area contributed by atoms with Gasteiger partial charge in [-0.15, -0.1) is 6.58 Å². The van der Waals surface area contributed by atoms with E-state index in [2.05, 4.69) is 16.6 Å². The number of amides is 1. The van der Waals surface area contributed by atoms with Gasteiger partial charge < -0.3 is 5.11 Å². The standard InChI is InChI=1S/C19H15N3O3S/c1-2-11-22-17(23)16(12-13-7-5-6-10-20-13)26-19(22)21-15-9-4-3-8-14(15)18(24)25/h2-10,12H,1,11H2,(H,24,25)/b16-12-,21-19?. The molecule has 1 aromatic carbocycles. The van der Waals surface area contributed by atoms with Crippen LogP contribution < -0.4 is 0 Å². The first-order chi connectivity index (χ1) is 12.6. The van der Waals surface area contributed by atoms with Gasteiger partial charge in [0.2, 0.25) is 0 Å². The molecule has 0 aliphatic carbocycles. The second kappa shape index (κ2) is 7.79. The van der Waals surface area contributed by atoms with Crippen LogP contribution in [0.2, 0.25) is 0 Å². The molecule has 130 valence electrons. The van der Waals surface area contributed by atoms with Crippen molar-refractivity contribution in [2.45, 2.75) is 0 Å². The first-order valence-electron chi connectivity index (χ1n) is 7.74. The quantitative estimate of drug-likeness (QED) is 0.647. The molecule has 0 unspecified atom stereocenters. The van der Waals surface area contributed by atoms with E-state index in [1.807, 2.05) is 6.07 Å². The zero-order valence-electron chi connectivity index (χ0n) is 13.7. The average Bonchev–Trinajstić information content (AvgIpc) is 2.92. The number of thioether (sulfide) groups is 1. The number of benzene rings is 1. The van der Waals surface area contributed by atoms with Gasteiger partial charge in [-0.25, -0.2) is 9.79 Å². The highest BCUT2D eigenvalue weighted by molar-refractivity contribution is 8.18. The van der Waals surface area contributed by atoms with Gasteiger partial charge in [0.1, 0.15) is 0 Å². The molecule has 0 bridgehead atoms. The predicted octanol–water partition coefficient (Wildman–Crippen LogP) is 3.57. The van der Waals surface area contributed by atoms with E-state index in [1.165, 1.54) is 22.7 Å². The average molecular weight is 365 g/mol. The number of carbonyl (C=O) groups excluding carboxylic acids is 1. The van der Waals surface area contributed by atoms with Gasteiger partial charge in [0, 0.05) is 12.7 Å². The van der Waals surface area contributed by atoms with Gasteiger partial charge in [0.25, 0.3) is 5.91 Å². The summed E-state index contributed by atoms with van der Waals surface area (Å²) in [6, 6.07) is 11.9. The van der Waals surface area contributed by atoms with Crippen molar-refractivity contribution in [2.24, 2.45) is 4.99 Å². The number of amidine groups is 1. The molecule has 0 radical (unpaired) electrons. The van der Waals surface area contributed by atoms with E-state index < -0.39 is 5.97 Å². The largest absolute Gasteiger partial charge is 0.478 e. The molecule has 1 saturated heterocycles. The van der Waals surface area contributed by atoms with Gasteiger partial charge in [0.05, 0.1) is 21.8 Å². The van der Waals surface area contributed by atoms with E-state index in [0.29, 0.717) is 21.5 Å². The Kier molecular flexibility index (Phi) is 5.28. The number of carboxylic acid groups (broad SMARTS) is 1. The molecule has 1 aliphatic heterocycles. The normalized spacial score (nSPS) is 17.1. The van der Waals surface area contributed by atoms with Crippen LogP contribution in [0.25, 0.3) is 6.08 Å². The summed E-state index contributed by atoms with van der Waals surface area (Å²) in [6.45, 7) is 3.95. The van der Waals surface area contributed by atoms with Crippen LogP contribution in [0, 0.1) is 0 Å². The van der Waals surface area contributed by atoms with Crippen LogP contribution in [0.5, 0.6) is 0 Å². The summed E-state index contributed by atoms with van der Waals surface area (Å²) in [4.78, 5) is 34.6. The fourth-order valence-electron chi connectivity index (χ4n) is 2.33. The van der Waals surface area contributed by atoms with Crippen molar-refractivity contribution < 1.29 is 14.7 Å². The van der Waals surface area contributed by atoms with E-state index in [4.69, 9.17) is 0 Å². The van der Waals surface area contributed by atoms with E-state index in [-0.39, 0.29) is 18.0 Å². The zero-order chi connectivity index (χ0) is 18.5. The number of hydrogen-bond acceptors (Lipinski definition) is 5. The minimum absolute atomic E-state index is 0.0776. The van der Waals surface area contributed by atoms with Crippen molar-refractivity contribution in [3.8, 4) is 0 Å². The summed E-state index contributed by atoms with van der Waals surface area (Å²) in [5, 5.41) is 9.72. The van der Waals surface area contributed by atoms with Crippen LogP contribution in [-0.2, 0) is 4.79 Å². The SMILES string of the molecule is C=CCN1C(=O)/C(=C/c2ccccn2)SC1=Nc1ccccc1C(=O)O. The molecule has 2 heterocycles. The van der Waals surface area contributed by atoms with E-state index in [9.17, 15) is 14.7 Å². The summed E-state index contributed by atoms with van der Waals surface area (Å²) < 4.78 is 0. The topological polar surface area (TPSA) is 82.9 Å². The molecule has 1 amide bonds. The number of carboxylic acids is 1. The number of hydrogen-bond donors (Lipinski definition) is 1. The molecule has 1 fully saturated rings. The van der Waals surface area contributed by atoms with Gasteiger partial charge in [-0.2, -0.15) is 0 Å². The number of para-hydroxylation sites is 1. The van der Waals surface area contributed by atoms with Crippen LogP contribution in [0.15, 0.2) is 71.2 Å². The lowest BCUT2D eigenvalue weighted by Gasteiger charge is -2.13. The molecule has 0 spiro atoms. The monoisotopic (exact) mass is 365 g/mol. The molecule has 0 saturated carbocycles. The van der Waals surface area contributed by atoms with Gasteiger partial charge >= 0.3 is 5.97 Å². The lowest BCUT2D eigenvalue weighted by Crippen LogP contribution is -2.29. The Morgan fingerprint density at radius 1 is 1.27 bits per heavy atom. The number of nitrogens with zero attached hydrogens (tertiary/aromatic N) is 3. The summed E-state index contributed by atoms with van der Waals surface area (Å²) >= 11 is 1.18. The maximum Gasteiger partial charge on any atom is 0.337 e. The Morgan fingerprint density at radius 3 is 2.73 bits per heavy atom. The van der Waals surface area contributed by atoms with Crippen molar-refractivity contribution in [3.63, 3.8) is 0 Å². The van der Waals surface area contributed by atoms with Gasteiger partial charge in [0.15, 0.2) is 5.17 Å². The number of pyridine rings is 1. The molecular weight excluding hydrogens is 350 g/mol. The molecule has 7 heteroatoms. The minimum Gasteiger partial charge on any atom is -0.478 e. The maximum atomic E-state index is 12.7. The van der Waals surface area contributed by atoms with E-state index >= 15 is 0 Å². The van der Waals surface area contributed by atoms with Crippen molar-refractivity contribution >= 4 is 40.6 Å². The molecule has 1 N–H and O–H groups in total. The third-order valence-corrected chi connectivity index (χ3v) is 4.52. The lowest BCUT2D eigenvalue weighted by atomic mass is 10.2. The summed E-state index contributed by atoms with van der Waals surface area (Å²) in [6.07, 6.45) is 4.94. The second-order valence-corrected chi connectivity index (χ2v) is 6.30. The Bertz CT molecular complexity index is 923. The Morgan fingerprint density at radius 2 is 2.04 bits per heavy atom. The van der Waals surface area contributed by atoms with Crippen molar-refractivity contribution in [3.05, 3.63) is 77.5 Å². The first-order valence-corrected chi connectivity index (χ1v) is 8.56. The third-order valence-electron chi connectivity index (χ3n) is 3.52. The minimum atomic E-state index is -1.07. The molecule has 6 nitrogen and oxygen atoms in total. The summed E-state index contributed by atoms with van der Waals surface area (Å²) in [7, 11) is 0. The number of aromatic carboxylic acids is 1. The zero-order valence-corrected chi connectivity index (χ0v) is 14.5. The number of rotatable bonds is 5. The number of aromatic nitrogens is 1. The molecule has 26 heavy (non-hydrogen) atoms. The lowest BCUT2D eigenvalue weighted by molar-refractivity contribution is -0.121. The Hall–Kier alpha value is -3.19. The highest BCUT2D eigenvalue weighted by atomic mass is 32.2. The Balaban J connectivity index is 2.01.